The van der Waals surface area contributed by atoms with Crippen LogP contribution in [0.2, 0.25) is 0 Å². The Morgan fingerprint density at radius 2 is 1.55 bits per heavy atom. The number of carboxylic acid groups (broad SMARTS) is 2. The predicted octanol–water partition coefficient (Wildman–Crippen LogP) is 2.06. The molecule has 2 aromatic rings. The highest BCUT2D eigenvalue weighted by Gasteiger charge is 2.21. The fraction of sp³-hybridized carbons (Fsp3) is 0.375. The van der Waals surface area contributed by atoms with Crippen LogP contribution in [0.1, 0.15) is 22.7 Å². The second-order valence-corrected chi connectivity index (χ2v) is 7.73. The summed E-state index contributed by atoms with van der Waals surface area (Å²) in [7, 11) is 0. The largest absolute Gasteiger partial charge is 0.473 e. The van der Waals surface area contributed by atoms with Crippen LogP contribution in [-0.2, 0) is 19.1 Å². The molecule has 1 aliphatic heterocycles. The van der Waals surface area contributed by atoms with Crippen LogP contribution in [0, 0.1) is 13.8 Å². The van der Waals surface area contributed by atoms with Gasteiger partial charge in [0.15, 0.2) is 0 Å². The molecule has 0 spiro atoms. The summed E-state index contributed by atoms with van der Waals surface area (Å²) in [6, 6.07) is 15.6. The zero-order valence-electron chi connectivity index (χ0n) is 18.9. The number of anilines is 1. The molecule has 178 valence electrons. The predicted molar refractivity (Wildman–Crippen MR) is 124 cm³/mol. The fourth-order valence-electron chi connectivity index (χ4n) is 3.46. The van der Waals surface area contributed by atoms with Gasteiger partial charge < -0.3 is 25.6 Å². The Hall–Kier alpha value is -3.27. The van der Waals surface area contributed by atoms with Gasteiger partial charge in [0.2, 0.25) is 5.91 Å². The number of carbonyl (C=O) groups is 3. The summed E-state index contributed by atoms with van der Waals surface area (Å²) in [4.78, 5) is 33.6. The van der Waals surface area contributed by atoms with E-state index in [-0.39, 0.29) is 11.9 Å². The lowest BCUT2D eigenvalue weighted by Crippen LogP contribution is -2.42. The first-order valence-electron chi connectivity index (χ1n) is 10.7. The average Bonchev–Trinajstić information content (AvgIpc) is 2.77. The van der Waals surface area contributed by atoms with Crippen molar-refractivity contribution in [1.82, 2.24) is 10.2 Å². The van der Waals surface area contributed by atoms with Gasteiger partial charge in [0.05, 0.1) is 13.2 Å². The lowest BCUT2D eigenvalue weighted by Gasteiger charge is -2.27. The van der Waals surface area contributed by atoms with Crippen LogP contribution in [-0.4, -0.2) is 72.4 Å². The minimum absolute atomic E-state index is 0.0341. The Morgan fingerprint density at radius 1 is 0.970 bits per heavy atom. The van der Waals surface area contributed by atoms with Gasteiger partial charge >= 0.3 is 11.9 Å². The highest BCUT2D eigenvalue weighted by Crippen LogP contribution is 2.18. The summed E-state index contributed by atoms with van der Waals surface area (Å²) in [6.45, 7) is 9.21. The quantitative estimate of drug-likeness (QED) is 0.465. The van der Waals surface area contributed by atoms with Gasteiger partial charge in [0.1, 0.15) is 6.04 Å². The van der Waals surface area contributed by atoms with Crippen LogP contribution in [0.5, 0.6) is 0 Å². The summed E-state index contributed by atoms with van der Waals surface area (Å²) in [5.41, 5.74) is 4.10. The molecule has 0 saturated carbocycles. The normalized spacial score (nSPS) is 14.5. The average molecular weight is 458 g/mol. The van der Waals surface area contributed by atoms with Crippen molar-refractivity contribution in [2.45, 2.75) is 19.9 Å². The van der Waals surface area contributed by atoms with E-state index < -0.39 is 11.9 Å². The molecule has 1 unspecified atom stereocenters. The molecule has 9 heteroatoms. The van der Waals surface area contributed by atoms with Gasteiger partial charge in [0, 0.05) is 31.9 Å². The molecule has 3 rings (SSSR count). The maximum absolute atomic E-state index is 13.0. The maximum Gasteiger partial charge on any atom is 0.414 e. The van der Waals surface area contributed by atoms with Crippen molar-refractivity contribution in [1.29, 1.82) is 0 Å². The van der Waals surface area contributed by atoms with Crippen LogP contribution in [0.4, 0.5) is 5.69 Å². The Balaban J connectivity index is 0.000000569. The Bertz CT molecular complexity index is 897. The fourth-order valence-corrected chi connectivity index (χ4v) is 3.46. The molecule has 0 radical (unpaired) electrons. The zero-order valence-corrected chi connectivity index (χ0v) is 18.9. The summed E-state index contributed by atoms with van der Waals surface area (Å²) >= 11 is 0. The lowest BCUT2D eigenvalue weighted by molar-refractivity contribution is -0.159. The first kappa shape index (κ1) is 26.0. The number of amides is 1. The van der Waals surface area contributed by atoms with E-state index in [1.54, 1.807) is 0 Å². The van der Waals surface area contributed by atoms with Gasteiger partial charge in [-0.2, -0.15) is 0 Å². The van der Waals surface area contributed by atoms with Crippen LogP contribution in [0.25, 0.3) is 0 Å². The van der Waals surface area contributed by atoms with Crippen molar-refractivity contribution >= 4 is 23.5 Å². The standard InChI is InChI=1S/C22H29N3O2.C2H2O4/c1-17-14-18(2)16-20(15-17)24-22(26)21(19-6-4-3-5-7-19)23-8-9-25-10-12-27-13-11-25;3-1(4)2(5)6/h3-7,14-16,21,23H,8-13H2,1-2H3,(H,24,26);(H,3,4)(H,5,6). The zero-order chi connectivity index (χ0) is 24.2. The van der Waals surface area contributed by atoms with E-state index in [1.807, 2.05) is 56.3 Å². The van der Waals surface area contributed by atoms with Crippen molar-refractivity contribution in [3.8, 4) is 0 Å². The molecule has 1 fully saturated rings. The van der Waals surface area contributed by atoms with E-state index in [9.17, 15) is 4.79 Å². The number of aliphatic carboxylic acids is 2. The smallest absolute Gasteiger partial charge is 0.414 e. The second-order valence-electron chi connectivity index (χ2n) is 7.73. The van der Waals surface area contributed by atoms with E-state index in [1.165, 1.54) is 0 Å². The molecule has 33 heavy (non-hydrogen) atoms. The first-order chi connectivity index (χ1) is 15.8. The Labute approximate surface area is 193 Å². The van der Waals surface area contributed by atoms with E-state index in [4.69, 9.17) is 24.5 Å². The highest BCUT2D eigenvalue weighted by molar-refractivity contribution is 6.27. The van der Waals surface area contributed by atoms with Crippen molar-refractivity contribution in [2.75, 3.05) is 44.7 Å². The van der Waals surface area contributed by atoms with Crippen LogP contribution < -0.4 is 10.6 Å². The molecular weight excluding hydrogens is 426 g/mol. The Kier molecular flexibility index (Phi) is 10.5. The van der Waals surface area contributed by atoms with E-state index in [0.717, 1.165) is 61.8 Å². The molecule has 1 amide bonds. The molecule has 1 atom stereocenters. The number of aryl methyl sites for hydroxylation is 2. The molecule has 1 aliphatic rings. The molecule has 4 N–H and O–H groups in total. The van der Waals surface area contributed by atoms with Gasteiger partial charge in [-0.15, -0.1) is 0 Å². The van der Waals surface area contributed by atoms with Gasteiger partial charge in [0.25, 0.3) is 0 Å². The van der Waals surface area contributed by atoms with Gasteiger partial charge in [-0.3, -0.25) is 9.69 Å². The number of nitrogens with one attached hydrogen (secondary N) is 2. The van der Waals surface area contributed by atoms with Crippen LogP contribution in [0.15, 0.2) is 48.5 Å². The van der Waals surface area contributed by atoms with E-state index in [0.29, 0.717) is 0 Å². The molecule has 2 aromatic carbocycles. The number of nitrogens with zero attached hydrogens (tertiary/aromatic N) is 1. The SMILES string of the molecule is Cc1cc(C)cc(NC(=O)C(NCCN2CCOCC2)c2ccccc2)c1.O=C(O)C(=O)O. The van der Waals surface area contributed by atoms with Gasteiger partial charge in [-0.05, 0) is 42.7 Å². The number of carboxylic acids is 2. The number of ether oxygens (including phenoxy) is 1. The maximum atomic E-state index is 13.0. The number of carbonyl (C=O) groups excluding carboxylic acids is 1. The summed E-state index contributed by atoms with van der Waals surface area (Å²) < 4.78 is 5.39. The van der Waals surface area contributed by atoms with Crippen molar-refractivity contribution in [3.05, 3.63) is 65.2 Å². The first-order valence-corrected chi connectivity index (χ1v) is 10.7. The van der Waals surface area contributed by atoms with E-state index >= 15 is 0 Å². The molecule has 0 bridgehead atoms. The van der Waals surface area contributed by atoms with Crippen molar-refractivity contribution < 1.29 is 29.3 Å². The number of hydrogen-bond acceptors (Lipinski definition) is 6. The van der Waals surface area contributed by atoms with Gasteiger partial charge in [-0.1, -0.05) is 36.4 Å². The summed E-state index contributed by atoms with van der Waals surface area (Å²) in [6.07, 6.45) is 0. The summed E-state index contributed by atoms with van der Waals surface area (Å²) in [5, 5.41) is 21.3. The monoisotopic (exact) mass is 457 g/mol. The molecule has 0 aliphatic carbocycles. The molecular formula is C24H31N3O6. The number of hydrogen-bond donors (Lipinski definition) is 4. The lowest BCUT2D eigenvalue weighted by atomic mass is 10.1. The number of benzene rings is 2. The van der Waals surface area contributed by atoms with E-state index in [2.05, 4.69) is 21.6 Å². The molecule has 1 heterocycles. The highest BCUT2D eigenvalue weighted by atomic mass is 16.5. The number of morpholine rings is 1. The third kappa shape index (κ3) is 9.40. The van der Waals surface area contributed by atoms with Crippen molar-refractivity contribution in [3.63, 3.8) is 0 Å². The van der Waals surface area contributed by atoms with Crippen molar-refractivity contribution in [2.24, 2.45) is 0 Å². The Morgan fingerprint density at radius 3 is 2.09 bits per heavy atom. The minimum Gasteiger partial charge on any atom is -0.473 e. The molecule has 1 saturated heterocycles. The minimum atomic E-state index is -1.82. The summed E-state index contributed by atoms with van der Waals surface area (Å²) in [5.74, 6) is -3.68. The van der Waals surface area contributed by atoms with Crippen LogP contribution in [0.3, 0.4) is 0 Å². The van der Waals surface area contributed by atoms with Crippen LogP contribution >= 0.6 is 0 Å². The number of rotatable bonds is 7. The topological polar surface area (TPSA) is 128 Å². The molecule has 0 aromatic heterocycles. The third-order valence-corrected chi connectivity index (χ3v) is 4.95. The second kappa shape index (κ2) is 13.3. The third-order valence-electron chi connectivity index (χ3n) is 4.95. The van der Waals surface area contributed by atoms with Gasteiger partial charge in [-0.25, -0.2) is 9.59 Å². The molecule has 9 nitrogen and oxygen atoms in total.